The van der Waals surface area contributed by atoms with Gasteiger partial charge in [0.2, 0.25) is 0 Å². The second kappa shape index (κ2) is 4.29. The maximum Gasteiger partial charge on any atom is 0.340 e. The fourth-order valence-electron chi connectivity index (χ4n) is 1.75. The largest absolute Gasteiger partial charge is 0.503 e. The van der Waals surface area contributed by atoms with Gasteiger partial charge < -0.3 is 15.2 Å². The van der Waals surface area contributed by atoms with Crippen molar-refractivity contribution in [2.24, 2.45) is 0 Å². The molecule has 2 rings (SSSR count). The van der Waals surface area contributed by atoms with Crippen molar-refractivity contribution in [3.05, 3.63) is 47.2 Å². The van der Waals surface area contributed by atoms with E-state index < -0.39 is 23.7 Å². The zero-order valence-electron chi connectivity index (χ0n) is 9.14. The van der Waals surface area contributed by atoms with Gasteiger partial charge in [-0.2, -0.15) is 0 Å². The number of aliphatic hydroxyl groups is 1. The number of carbonyl (C=O) groups is 2. The quantitative estimate of drug-likeness (QED) is 0.742. The Morgan fingerprint density at radius 3 is 2.59 bits per heavy atom. The fourth-order valence-corrected chi connectivity index (χ4v) is 1.75. The molecule has 1 aliphatic rings. The van der Waals surface area contributed by atoms with Crippen LogP contribution in [0.1, 0.15) is 11.6 Å². The van der Waals surface area contributed by atoms with Gasteiger partial charge >= 0.3 is 5.97 Å². The average Bonchev–Trinajstić information content (AvgIpc) is 2.66. The molecule has 2 N–H and O–H groups in total. The van der Waals surface area contributed by atoms with Crippen molar-refractivity contribution in [3.8, 4) is 0 Å². The molecule has 88 valence electrons. The third kappa shape index (κ3) is 1.87. The standard InChI is InChI=1S/C12H11NO4/c1-17-12(16)8-9(13-11(15)10(8)14)7-5-3-2-4-6-7/h2-6,9,14H,1H3,(H,13,15). The minimum atomic E-state index is -0.713. The first-order chi connectivity index (χ1) is 8.15. The molecule has 0 saturated carbocycles. The molecule has 1 amide bonds. The lowest BCUT2D eigenvalue weighted by Gasteiger charge is -2.13. The first-order valence-corrected chi connectivity index (χ1v) is 5.02. The first kappa shape index (κ1) is 11.2. The van der Waals surface area contributed by atoms with Crippen LogP contribution in [0.3, 0.4) is 0 Å². The van der Waals surface area contributed by atoms with Gasteiger partial charge in [0.05, 0.1) is 13.2 Å². The summed E-state index contributed by atoms with van der Waals surface area (Å²) in [6.45, 7) is 0. The van der Waals surface area contributed by atoms with E-state index in [1.165, 1.54) is 7.11 Å². The van der Waals surface area contributed by atoms with E-state index in [1.807, 2.05) is 6.07 Å². The molecule has 0 aromatic heterocycles. The fraction of sp³-hybridized carbons (Fsp3) is 0.167. The average molecular weight is 233 g/mol. The Morgan fingerprint density at radius 1 is 1.35 bits per heavy atom. The highest BCUT2D eigenvalue weighted by atomic mass is 16.5. The van der Waals surface area contributed by atoms with Crippen LogP contribution >= 0.6 is 0 Å². The number of carbonyl (C=O) groups excluding carboxylic acids is 2. The second-order valence-corrected chi connectivity index (χ2v) is 3.57. The third-order valence-electron chi connectivity index (χ3n) is 2.57. The molecule has 0 fully saturated rings. The van der Waals surface area contributed by atoms with Crippen molar-refractivity contribution in [1.29, 1.82) is 0 Å². The number of amides is 1. The predicted octanol–water partition coefficient (Wildman–Crippen LogP) is 0.843. The molecule has 1 aliphatic heterocycles. The van der Waals surface area contributed by atoms with E-state index in [9.17, 15) is 14.7 Å². The SMILES string of the molecule is COC(=O)C1=C(O)C(=O)NC1c1ccccc1. The molecule has 1 aromatic rings. The topological polar surface area (TPSA) is 75.6 Å². The predicted molar refractivity (Wildman–Crippen MR) is 59.0 cm³/mol. The number of hydrogen-bond donors (Lipinski definition) is 2. The number of esters is 1. The normalized spacial score (nSPS) is 19.1. The summed E-state index contributed by atoms with van der Waals surface area (Å²) in [4.78, 5) is 22.9. The summed E-state index contributed by atoms with van der Waals surface area (Å²) in [6.07, 6.45) is 0. The van der Waals surface area contributed by atoms with Gasteiger partial charge in [0.1, 0.15) is 5.57 Å². The van der Waals surface area contributed by atoms with E-state index in [0.29, 0.717) is 5.56 Å². The van der Waals surface area contributed by atoms with Gasteiger partial charge in [-0.05, 0) is 5.56 Å². The Balaban J connectivity index is 2.43. The molecule has 5 nitrogen and oxygen atoms in total. The van der Waals surface area contributed by atoms with E-state index in [-0.39, 0.29) is 5.57 Å². The van der Waals surface area contributed by atoms with Crippen molar-refractivity contribution in [2.75, 3.05) is 7.11 Å². The maximum atomic E-state index is 11.5. The summed E-state index contributed by atoms with van der Waals surface area (Å²) in [5, 5.41) is 12.1. The molecule has 1 heterocycles. The molecular formula is C12H11NO4. The Labute approximate surface area is 97.7 Å². The Bertz CT molecular complexity index is 492. The zero-order valence-corrected chi connectivity index (χ0v) is 9.14. The van der Waals surface area contributed by atoms with E-state index in [4.69, 9.17) is 0 Å². The molecule has 1 atom stereocenters. The number of nitrogens with one attached hydrogen (secondary N) is 1. The van der Waals surface area contributed by atoms with Gasteiger partial charge in [0.25, 0.3) is 5.91 Å². The van der Waals surface area contributed by atoms with Gasteiger partial charge in [-0.1, -0.05) is 30.3 Å². The molecule has 0 bridgehead atoms. The summed E-state index contributed by atoms with van der Waals surface area (Å²) in [5.74, 6) is -1.96. The summed E-state index contributed by atoms with van der Waals surface area (Å²) >= 11 is 0. The van der Waals surface area contributed by atoms with Gasteiger partial charge in [0, 0.05) is 0 Å². The molecule has 0 radical (unpaired) electrons. The summed E-state index contributed by atoms with van der Waals surface area (Å²) in [7, 11) is 1.20. The molecule has 5 heteroatoms. The van der Waals surface area contributed by atoms with Crippen LogP contribution in [0.15, 0.2) is 41.7 Å². The second-order valence-electron chi connectivity index (χ2n) is 3.57. The van der Waals surface area contributed by atoms with Gasteiger partial charge in [0.15, 0.2) is 5.76 Å². The molecule has 0 aliphatic carbocycles. The van der Waals surface area contributed by atoms with Crippen LogP contribution in [0.2, 0.25) is 0 Å². The van der Waals surface area contributed by atoms with Crippen LogP contribution in [0.5, 0.6) is 0 Å². The zero-order chi connectivity index (χ0) is 12.4. The summed E-state index contributed by atoms with van der Waals surface area (Å²) in [5.41, 5.74) is 0.661. The number of rotatable bonds is 2. The molecular weight excluding hydrogens is 222 g/mol. The highest BCUT2D eigenvalue weighted by Crippen LogP contribution is 2.29. The van der Waals surface area contributed by atoms with Crippen LogP contribution in [0.4, 0.5) is 0 Å². The smallest absolute Gasteiger partial charge is 0.340 e. The lowest BCUT2D eigenvalue weighted by atomic mass is 10.0. The lowest BCUT2D eigenvalue weighted by Crippen LogP contribution is -2.23. The number of benzene rings is 1. The Hall–Kier alpha value is -2.30. The minimum Gasteiger partial charge on any atom is -0.503 e. The van der Waals surface area contributed by atoms with Crippen molar-refractivity contribution in [2.45, 2.75) is 6.04 Å². The highest BCUT2D eigenvalue weighted by molar-refractivity contribution is 6.06. The molecule has 1 unspecified atom stereocenters. The van der Waals surface area contributed by atoms with Crippen molar-refractivity contribution in [3.63, 3.8) is 0 Å². The van der Waals surface area contributed by atoms with E-state index in [2.05, 4.69) is 10.1 Å². The first-order valence-electron chi connectivity index (χ1n) is 5.02. The Morgan fingerprint density at radius 2 is 2.00 bits per heavy atom. The number of methoxy groups -OCH3 is 1. The molecule has 1 aromatic carbocycles. The van der Waals surface area contributed by atoms with Crippen LogP contribution in [-0.4, -0.2) is 24.1 Å². The lowest BCUT2D eigenvalue weighted by molar-refractivity contribution is -0.136. The number of hydrogen-bond acceptors (Lipinski definition) is 4. The molecule has 0 spiro atoms. The van der Waals surface area contributed by atoms with Crippen molar-refractivity contribution in [1.82, 2.24) is 5.32 Å². The van der Waals surface area contributed by atoms with Crippen molar-refractivity contribution < 1.29 is 19.4 Å². The molecule has 0 saturated heterocycles. The van der Waals surface area contributed by atoms with Gasteiger partial charge in [-0.25, -0.2) is 4.79 Å². The highest BCUT2D eigenvalue weighted by Gasteiger charge is 2.37. The van der Waals surface area contributed by atoms with Crippen molar-refractivity contribution >= 4 is 11.9 Å². The summed E-state index contributed by atoms with van der Waals surface area (Å²) in [6, 6.07) is 8.24. The monoisotopic (exact) mass is 233 g/mol. The van der Waals surface area contributed by atoms with E-state index in [1.54, 1.807) is 24.3 Å². The maximum absolute atomic E-state index is 11.5. The summed E-state index contributed by atoms with van der Waals surface area (Å²) < 4.78 is 4.56. The number of ether oxygens (including phenoxy) is 1. The van der Waals surface area contributed by atoms with Gasteiger partial charge in [-0.15, -0.1) is 0 Å². The van der Waals surface area contributed by atoms with Crippen LogP contribution in [-0.2, 0) is 14.3 Å². The van der Waals surface area contributed by atoms with Gasteiger partial charge in [-0.3, -0.25) is 4.79 Å². The van der Waals surface area contributed by atoms with E-state index >= 15 is 0 Å². The third-order valence-corrected chi connectivity index (χ3v) is 2.57. The number of aliphatic hydroxyl groups excluding tert-OH is 1. The van der Waals surface area contributed by atoms with Crippen LogP contribution in [0.25, 0.3) is 0 Å². The van der Waals surface area contributed by atoms with Crippen LogP contribution in [0, 0.1) is 0 Å². The Kier molecular flexibility index (Phi) is 2.82. The molecule has 17 heavy (non-hydrogen) atoms. The minimum absolute atomic E-state index is 0.0521. The van der Waals surface area contributed by atoms with E-state index in [0.717, 1.165) is 0 Å². The van der Waals surface area contributed by atoms with Crippen LogP contribution < -0.4 is 5.32 Å².